The van der Waals surface area contributed by atoms with E-state index in [0.717, 1.165) is 35.1 Å². The lowest BCUT2D eigenvalue weighted by Crippen LogP contribution is -2.48. The Morgan fingerprint density at radius 2 is 0.864 bits per heavy atom. The molecule has 0 aliphatic carbocycles. The molecule has 0 aliphatic heterocycles. The molecule has 0 fully saturated rings. The number of hydrogen-bond acceptors (Lipinski definition) is 10. The van der Waals surface area contributed by atoms with Gasteiger partial charge in [-0.25, -0.2) is 0 Å². The number of guanidine groups is 2. The number of nitrogens with two attached hydrogens (primary N) is 6. The van der Waals surface area contributed by atoms with Crippen LogP contribution in [-0.2, 0) is 41.6 Å². The molecule has 4 atom stereocenters. The summed E-state index contributed by atoms with van der Waals surface area (Å²) in [6.07, 6.45) is 4.71. The molecule has 4 amide bonds. The highest BCUT2D eigenvalue weighted by molar-refractivity contribution is 5.89. The Morgan fingerprint density at radius 3 is 1.14 bits per heavy atom. The van der Waals surface area contributed by atoms with Gasteiger partial charge in [0.2, 0.25) is 23.6 Å². The van der Waals surface area contributed by atoms with Gasteiger partial charge in [-0.2, -0.15) is 0 Å². The van der Waals surface area contributed by atoms with Crippen LogP contribution in [0.5, 0.6) is 0 Å². The van der Waals surface area contributed by atoms with Crippen molar-refractivity contribution >= 4 is 47.1 Å². The van der Waals surface area contributed by atoms with Crippen LogP contribution < -0.4 is 55.7 Å². The van der Waals surface area contributed by atoms with Gasteiger partial charge in [-0.05, 0) is 63.5 Å². The number of carbonyl (C=O) groups excluding carboxylic acids is 6. The predicted octanol–water partition coefficient (Wildman–Crippen LogP) is 1.83. The summed E-state index contributed by atoms with van der Waals surface area (Å²) in [4.78, 5) is 82.3. The molecule has 2 aromatic rings. The van der Waals surface area contributed by atoms with Crippen molar-refractivity contribution in [3.63, 3.8) is 0 Å². The molecule has 0 heterocycles. The van der Waals surface area contributed by atoms with Crippen LogP contribution in [0.25, 0.3) is 0 Å². The Balaban J connectivity index is 0.000000660. The normalized spacial score (nSPS) is 13.1. The second kappa shape index (κ2) is 29.6. The number of ketones is 2. The van der Waals surface area contributed by atoms with Crippen molar-refractivity contribution in [2.24, 2.45) is 55.2 Å². The van der Waals surface area contributed by atoms with E-state index in [1.165, 1.54) is 0 Å². The summed E-state index contributed by atoms with van der Waals surface area (Å²) >= 11 is 0. The summed E-state index contributed by atoms with van der Waals surface area (Å²) in [6, 6.07) is 13.2. The van der Waals surface area contributed by atoms with Crippen LogP contribution >= 0.6 is 0 Å². The van der Waals surface area contributed by atoms with E-state index in [0.29, 0.717) is 51.6 Å². The maximum Gasteiger partial charge on any atom is 0.240 e. The standard InChI is InChI=1S/2C24H40N6O3/c2*1-5-24(3,4)20(31)15-29-18(7-6-12-28-23(26)27)14-21(32)30-19(22(25)33)13-17-10-8-16(2)9-11-17/h2*8-11,18-19,29H,5-7,12-15H2,1-4H3,(H2,25,33)(H,30,32)(H4,26,27,28)/t2*18-,19-/m00/s1. The van der Waals surface area contributed by atoms with E-state index >= 15 is 0 Å². The minimum atomic E-state index is -0.817. The van der Waals surface area contributed by atoms with Crippen LogP contribution in [0.4, 0.5) is 0 Å². The van der Waals surface area contributed by atoms with Crippen molar-refractivity contribution in [3.8, 4) is 0 Å². The van der Waals surface area contributed by atoms with E-state index in [4.69, 9.17) is 34.4 Å². The fourth-order valence-electron chi connectivity index (χ4n) is 6.31. The van der Waals surface area contributed by atoms with Crippen LogP contribution in [-0.4, -0.2) is 97.5 Å². The molecule has 16 N–H and O–H groups in total. The predicted molar refractivity (Wildman–Crippen MR) is 263 cm³/mol. The molecule has 0 bridgehead atoms. The Bertz CT molecular complexity index is 1770. The SMILES string of the molecule is CCC(C)(C)C(=O)CN[C@@H](CCCN=C(N)N)CC(=O)N[C@@H](Cc1ccc(C)cc1)C(N)=O.CCC(C)(C)C(=O)CN[C@@H](CCCN=C(N)N)CC(=O)N[C@@H](Cc1ccc(C)cc1)C(N)=O. The Labute approximate surface area is 392 Å². The molecule has 0 aromatic heterocycles. The number of amides is 4. The average Bonchev–Trinajstić information content (AvgIpc) is 3.25. The highest BCUT2D eigenvalue weighted by atomic mass is 16.2. The fourth-order valence-corrected chi connectivity index (χ4v) is 6.31. The largest absolute Gasteiger partial charge is 0.370 e. The third kappa shape index (κ3) is 24.4. The van der Waals surface area contributed by atoms with Gasteiger partial charge in [0.15, 0.2) is 23.5 Å². The first kappa shape index (κ1) is 58.1. The van der Waals surface area contributed by atoms with Gasteiger partial charge >= 0.3 is 0 Å². The van der Waals surface area contributed by atoms with Crippen LogP contribution in [0.1, 0.15) is 115 Å². The topological polar surface area (TPSA) is 331 Å². The fraction of sp³-hybridized carbons (Fsp3) is 0.583. The molecule has 368 valence electrons. The van der Waals surface area contributed by atoms with Gasteiger partial charge in [0.05, 0.1) is 13.1 Å². The van der Waals surface area contributed by atoms with Crippen molar-refractivity contribution in [1.29, 1.82) is 0 Å². The molecule has 2 rings (SSSR count). The number of aryl methyl sites for hydroxylation is 2. The zero-order valence-electron chi connectivity index (χ0n) is 40.6. The average molecular weight is 921 g/mol. The van der Waals surface area contributed by atoms with Gasteiger partial charge in [0.25, 0.3) is 0 Å². The van der Waals surface area contributed by atoms with Crippen LogP contribution in [0.15, 0.2) is 58.5 Å². The number of hydrogen-bond donors (Lipinski definition) is 10. The Kier molecular flexibility index (Phi) is 26.1. The summed E-state index contributed by atoms with van der Waals surface area (Å²) in [7, 11) is 0. The first-order chi connectivity index (χ1) is 30.9. The molecule has 0 saturated heterocycles. The number of carbonyl (C=O) groups is 6. The smallest absolute Gasteiger partial charge is 0.240 e. The molecule has 0 unspecified atom stereocenters. The summed E-state index contributed by atoms with van der Waals surface area (Å²) in [5.74, 6) is -1.64. The summed E-state index contributed by atoms with van der Waals surface area (Å²) in [5, 5.41) is 11.9. The third-order valence-electron chi connectivity index (χ3n) is 11.7. The number of primary amides is 2. The molecule has 2 aromatic carbocycles. The van der Waals surface area contributed by atoms with Crippen molar-refractivity contribution in [1.82, 2.24) is 21.3 Å². The van der Waals surface area contributed by atoms with Gasteiger partial charge in [0.1, 0.15) is 12.1 Å². The lowest BCUT2D eigenvalue weighted by Gasteiger charge is -2.24. The van der Waals surface area contributed by atoms with Crippen LogP contribution in [0.3, 0.4) is 0 Å². The van der Waals surface area contributed by atoms with Gasteiger partial charge in [-0.1, -0.05) is 101 Å². The molecule has 0 saturated carbocycles. The monoisotopic (exact) mass is 921 g/mol. The Hall–Kier alpha value is -5.88. The van der Waals surface area contributed by atoms with Crippen LogP contribution in [0.2, 0.25) is 0 Å². The van der Waals surface area contributed by atoms with Crippen molar-refractivity contribution in [2.45, 2.75) is 144 Å². The molecule has 18 heteroatoms. The van der Waals surface area contributed by atoms with E-state index in [2.05, 4.69) is 31.3 Å². The van der Waals surface area contributed by atoms with E-state index in [1.54, 1.807) is 0 Å². The van der Waals surface area contributed by atoms with Gasteiger partial charge < -0.3 is 55.7 Å². The number of benzene rings is 2. The second-order valence-electron chi connectivity index (χ2n) is 18.2. The summed E-state index contributed by atoms with van der Waals surface area (Å²) in [6.45, 7) is 16.7. The number of nitrogens with zero attached hydrogens (tertiary/aromatic N) is 2. The number of rotatable bonds is 30. The highest BCUT2D eigenvalue weighted by Crippen LogP contribution is 2.22. The molecule has 18 nitrogen and oxygen atoms in total. The first-order valence-electron chi connectivity index (χ1n) is 22.8. The minimum absolute atomic E-state index is 0.0116. The van der Waals surface area contributed by atoms with E-state index < -0.39 is 34.7 Å². The van der Waals surface area contributed by atoms with Crippen LogP contribution in [0, 0.1) is 24.7 Å². The van der Waals surface area contributed by atoms with Gasteiger partial charge in [-0.3, -0.25) is 38.8 Å². The molecular weight excluding hydrogens is 841 g/mol. The number of Topliss-reactive ketones (excluding diaryl/α,β-unsaturated/α-hetero) is 2. The quantitative estimate of drug-likeness (QED) is 0.0305. The maximum absolute atomic E-state index is 12.7. The molecule has 0 aliphatic rings. The zero-order chi connectivity index (χ0) is 50.0. The second-order valence-corrected chi connectivity index (χ2v) is 18.2. The minimum Gasteiger partial charge on any atom is -0.370 e. The maximum atomic E-state index is 12.7. The van der Waals surface area contributed by atoms with E-state index in [-0.39, 0.29) is 73.3 Å². The summed E-state index contributed by atoms with van der Waals surface area (Å²) < 4.78 is 0. The van der Waals surface area contributed by atoms with Crippen molar-refractivity contribution < 1.29 is 28.8 Å². The lowest BCUT2D eigenvalue weighted by molar-refractivity contribution is -0.128. The first-order valence-corrected chi connectivity index (χ1v) is 22.8. The van der Waals surface area contributed by atoms with Gasteiger partial charge in [-0.15, -0.1) is 0 Å². The van der Waals surface area contributed by atoms with Gasteiger partial charge in [0, 0.05) is 61.7 Å². The molecular formula is C48H80N12O6. The van der Waals surface area contributed by atoms with Crippen molar-refractivity contribution in [2.75, 3.05) is 26.2 Å². The molecule has 0 radical (unpaired) electrons. The zero-order valence-corrected chi connectivity index (χ0v) is 40.6. The Morgan fingerprint density at radius 1 is 0.545 bits per heavy atom. The van der Waals surface area contributed by atoms with Crippen molar-refractivity contribution in [3.05, 3.63) is 70.8 Å². The highest BCUT2D eigenvalue weighted by Gasteiger charge is 2.28. The number of aliphatic imine (C=N–C) groups is 2. The molecule has 0 spiro atoms. The lowest BCUT2D eigenvalue weighted by atomic mass is 9.85. The molecule has 66 heavy (non-hydrogen) atoms. The van der Waals surface area contributed by atoms with E-state index in [9.17, 15) is 28.8 Å². The number of nitrogens with one attached hydrogen (secondary N) is 4. The third-order valence-corrected chi connectivity index (χ3v) is 11.7. The van der Waals surface area contributed by atoms with E-state index in [1.807, 2.05) is 104 Å². The summed E-state index contributed by atoms with van der Waals surface area (Å²) in [5.41, 5.74) is 35.7.